The highest BCUT2D eigenvalue weighted by atomic mass is 35.5. The van der Waals surface area contributed by atoms with Crippen LogP contribution in [-0.2, 0) is 0 Å². The summed E-state index contributed by atoms with van der Waals surface area (Å²) in [6.07, 6.45) is 4.14. The summed E-state index contributed by atoms with van der Waals surface area (Å²) in [6, 6.07) is 9.10. The number of carbonyl (C=O) groups excluding carboxylic acids is 2. The molecule has 164 valence electrons. The third kappa shape index (κ3) is 5.52. The Hall–Kier alpha value is -3.13. The molecule has 3 rings (SSSR count). The van der Waals surface area contributed by atoms with E-state index in [-0.39, 0.29) is 22.2 Å². The normalized spacial score (nSPS) is 13.5. The lowest BCUT2D eigenvalue weighted by atomic mass is 10.1. The Kier molecular flexibility index (Phi) is 7.46. The summed E-state index contributed by atoms with van der Waals surface area (Å²) in [6.45, 7) is 4.31. The lowest BCUT2D eigenvalue weighted by Gasteiger charge is -2.30. The van der Waals surface area contributed by atoms with Crippen LogP contribution in [0, 0.1) is 10.1 Å². The summed E-state index contributed by atoms with van der Waals surface area (Å²) in [5.41, 5.74) is 1.54. The van der Waals surface area contributed by atoms with Crippen molar-refractivity contribution in [3.8, 4) is 0 Å². The zero-order valence-corrected chi connectivity index (χ0v) is 18.1. The van der Waals surface area contributed by atoms with Crippen LogP contribution in [0.4, 0.5) is 17.1 Å². The lowest BCUT2D eigenvalue weighted by molar-refractivity contribution is -0.384. The number of hydrogen-bond acceptors (Lipinski definition) is 5. The van der Waals surface area contributed by atoms with E-state index in [1.165, 1.54) is 18.6 Å². The molecule has 1 aliphatic heterocycles. The van der Waals surface area contributed by atoms with Crippen molar-refractivity contribution >= 4 is 40.5 Å². The average molecular weight is 445 g/mol. The Morgan fingerprint density at radius 2 is 1.84 bits per heavy atom. The third-order valence-electron chi connectivity index (χ3n) is 5.14. The standard InChI is InChI=1S/C22H25ClN4O4/c1-2-10-24-22(29)17-14-16(7-9-19(17)26-11-4-3-5-12-26)25-21(28)15-6-8-18(23)20(13-15)27(30)31/h6-9,13-14H,2-5,10-12H2,1H3,(H,24,29)(H,25,28). The number of anilines is 2. The number of hydrogen-bond donors (Lipinski definition) is 2. The van der Waals surface area contributed by atoms with Crippen LogP contribution in [0.25, 0.3) is 0 Å². The van der Waals surface area contributed by atoms with E-state index >= 15 is 0 Å². The predicted molar refractivity (Wildman–Crippen MR) is 121 cm³/mol. The summed E-state index contributed by atoms with van der Waals surface area (Å²) in [7, 11) is 0. The molecule has 0 atom stereocenters. The molecule has 0 radical (unpaired) electrons. The van der Waals surface area contributed by atoms with Gasteiger partial charge < -0.3 is 15.5 Å². The number of nitro benzene ring substituents is 1. The Labute approximate surface area is 185 Å². The fraction of sp³-hybridized carbons (Fsp3) is 0.364. The van der Waals surface area contributed by atoms with Gasteiger partial charge in [-0.15, -0.1) is 0 Å². The molecule has 0 aliphatic carbocycles. The lowest BCUT2D eigenvalue weighted by Crippen LogP contribution is -2.33. The molecule has 1 saturated heterocycles. The number of nitrogens with one attached hydrogen (secondary N) is 2. The molecule has 0 bridgehead atoms. The first-order chi connectivity index (χ1) is 14.9. The van der Waals surface area contributed by atoms with Gasteiger partial charge >= 0.3 is 0 Å². The first-order valence-corrected chi connectivity index (χ1v) is 10.7. The van der Waals surface area contributed by atoms with Crippen LogP contribution in [0.2, 0.25) is 5.02 Å². The maximum absolute atomic E-state index is 12.8. The highest BCUT2D eigenvalue weighted by Gasteiger charge is 2.21. The van der Waals surface area contributed by atoms with Crippen molar-refractivity contribution in [2.45, 2.75) is 32.6 Å². The molecule has 8 nitrogen and oxygen atoms in total. The van der Waals surface area contributed by atoms with E-state index in [0.29, 0.717) is 17.8 Å². The van der Waals surface area contributed by atoms with Crippen molar-refractivity contribution in [2.75, 3.05) is 29.9 Å². The predicted octanol–water partition coefficient (Wildman–Crippen LogP) is 4.63. The molecule has 2 aromatic carbocycles. The van der Waals surface area contributed by atoms with Gasteiger partial charge in [-0.1, -0.05) is 18.5 Å². The largest absolute Gasteiger partial charge is 0.371 e. The zero-order chi connectivity index (χ0) is 22.4. The molecular weight excluding hydrogens is 420 g/mol. The number of amides is 2. The van der Waals surface area contributed by atoms with Gasteiger partial charge in [-0.25, -0.2) is 0 Å². The monoisotopic (exact) mass is 444 g/mol. The number of halogens is 1. The number of nitro groups is 1. The van der Waals surface area contributed by atoms with E-state index < -0.39 is 10.8 Å². The summed E-state index contributed by atoms with van der Waals surface area (Å²) in [5.74, 6) is -0.717. The van der Waals surface area contributed by atoms with Crippen molar-refractivity contribution in [3.63, 3.8) is 0 Å². The van der Waals surface area contributed by atoms with E-state index in [4.69, 9.17) is 11.6 Å². The van der Waals surface area contributed by atoms with Gasteiger partial charge in [0.15, 0.2) is 0 Å². The van der Waals surface area contributed by atoms with Gasteiger partial charge in [0.25, 0.3) is 17.5 Å². The quantitative estimate of drug-likeness (QED) is 0.478. The first kappa shape index (κ1) is 22.6. The van der Waals surface area contributed by atoms with Crippen LogP contribution in [0.5, 0.6) is 0 Å². The molecule has 1 heterocycles. The molecule has 1 aliphatic rings. The molecule has 31 heavy (non-hydrogen) atoms. The SMILES string of the molecule is CCCNC(=O)c1cc(NC(=O)c2ccc(Cl)c([N+](=O)[O-])c2)ccc1N1CCCCC1. The van der Waals surface area contributed by atoms with Gasteiger partial charge in [-0.3, -0.25) is 19.7 Å². The number of nitrogens with zero attached hydrogens (tertiary/aromatic N) is 2. The molecule has 2 amide bonds. The van der Waals surface area contributed by atoms with E-state index in [0.717, 1.165) is 44.1 Å². The van der Waals surface area contributed by atoms with Crippen molar-refractivity contribution in [3.05, 3.63) is 62.7 Å². The van der Waals surface area contributed by atoms with E-state index in [2.05, 4.69) is 15.5 Å². The minimum absolute atomic E-state index is 0.0395. The fourth-order valence-electron chi connectivity index (χ4n) is 3.54. The Bertz CT molecular complexity index is 989. The molecular formula is C22H25ClN4O4. The maximum atomic E-state index is 12.8. The second kappa shape index (κ2) is 10.3. The molecule has 1 fully saturated rings. The Morgan fingerprint density at radius 1 is 1.10 bits per heavy atom. The first-order valence-electron chi connectivity index (χ1n) is 10.3. The summed E-state index contributed by atoms with van der Waals surface area (Å²) >= 11 is 5.82. The molecule has 0 saturated carbocycles. The fourth-order valence-corrected chi connectivity index (χ4v) is 3.72. The number of benzene rings is 2. The van der Waals surface area contributed by atoms with Crippen molar-refractivity contribution in [1.82, 2.24) is 5.32 Å². The molecule has 0 spiro atoms. The topological polar surface area (TPSA) is 105 Å². The van der Waals surface area contributed by atoms with E-state index in [1.807, 2.05) is 13.0 Å². The number of rotatable bonds is 7. The smallest absolute Gasteiger partial charge is 0.288 e. The van der Waals surface area contributed by atoms with Crippen LogP contribution in [0.15, 0.2) is 36.4 Å². The van der Waals surface area contributed by atoms with Crippen LogP contribution in [0.1, 0.15) is 53.3 Å². The molecule has 2 N–H and O–H groups in total. The zero-order valence-electron chi connectivity index (χ0n) is 17.3. The van der Waals surface area contributed by atoms with Crippen molar-refractivity contribution in [1.29, 1.82) is 0 Å². The average Bonchev–Trinajstić information content (AvgIpc) is 2.78. The van der Waals surface area contributed by atoms with Crippen LogP contribution < -0.4 is 15.5 Å². The van der Waals surface area contributed by atoms with Gasteiger partial charge in [0.05, 0.1) is 10.5 Å². The van der Waals surface area contributed by atoms with Crippen LogP contribution in [0.3, 0.4) is 0 Å². The highest BCUT2D eigenvalue weighted by molar-refractivity contribution is 6.32. The Balaban J connectivity index is 1.87. The Morgan fingerprint density at radius 3 is 2.52 bits per heavy atom. The van der Waals surface area contributed by atoms with Gasteiger partial charge in [-0.05, 0) is 56.0 Å². The number of piperidine rings is 1. The summed E-state index contributed by atoms with van der Waals surface area (Å²) in [4.78, 5) is 38.1. The van der Waals surface area contributed by atoms with Crippen LogP contribution >= 0.6 is 11.6 Å². The minimum atomic E-state index is -0.636. The van der Waals surface area contributed by atoms with Crippen molar-refractivity contribution < 1.29 is 14.5 Å². The molecule has 2 aromatic rings. The number of carbonyl (C=O) groups is 2. The van der Waals surface area contributed by atoms with Crippen LogP contribution in [-0.4, -0.2) is 36.4 Å². The van der Waals surface area contributed by atoms with E-state index in [9.17, 15) is 19.7 Å². The maximum Gasteiger partial charge on any atom is 0.288 e. The molecule has 0 unspecified atom stereocenters. The molecule has 0 aromatic heterocycles. The molecule has 9 heteroatoms. The van der Waals surface area contributed by atoms with Gasteiger partial charge in [0.1, 0.15) is 5.02 Å². The van der Waals surface area contributed by atoms with Crippen molar-refractivity contribution in [2.24, 2.45) is 0 Å². The summed E-state index contributed by atoms with van der Waals surface area (Å²) < 4.78 is 0. The second-order valence-corrected chi connectivity index (χ2v) is 7.82. The third-order valence-corrected chi connectivity index (χ3v) is 5.46. The second-order valence-electron chi connectivity index (χ2n) is 7.41. The highest BCUT2D eigenvalue weighted by Crippen LogP contribution is 2.29. The summed E-state index contributed by atoms with van der Waals surface area (Å²) in [5, 5.41) is 16.7. The van der Waals surface area contributed by atoms with Gasteiger partial charge in [0, 0.05) is 42.6 Å². The van der Waals surface area contributed by atoms with Gasteiger partial charge in [0.2, 0.25) is 0 Å². The van der Waals surface area contributed by atoms with E-state index in [1.54, 1.807) is 12.1 Å². The minimum Gasteiger partial charge on any atom is -0.371 e. The van der Waals surface area contributed by atoms with Gasteiger partial charge in [-0.2, -0.15) is 0 Å².